The zero-order valence-corrected chi connectivity index (χ0v) is 12.9. The number of halogens is 1. The fourth-order valence-electron chi connectivity index (χ4n) is 1.56. The monoisotopic (exact) mass is 326 g/mol. The highest BCUT2D eigenvalue weighted by molar-refractivity contribution is 7.92. The number of sulfonamides is 1. The van der Waals surface area contributed by atoms with Crippen LogP contribution in [0.25, 0.3) is 0 Å². The predicted molar refractivity (Wildman–Crippen MR) is 83.1 cm³/mol. The van der Waals surface area contributed by atoms with Crippen LogP contribution < -0.4 is 10.0 Å². The van der Waals surface area contributed by atoms with Crippen molar-refractivity contribution >= 4 is 33.3 Å². The minimum Gasteiger partial charge on any atom is -0.369 e. The van der Waals surface area contributed by atoms with Crippen molar-refractivity contribution in [1.29, 1.82) is 0 Å². The van der Waals surface area contributed by atoms with Gasteiger partial charge in [0.05, 0.1) is 4.90 Å². The van der Waals surface area contributed by atoms with Gasteiger partial charge < -0.3 is 5.32 Å². The molecule has 0 amide bonds. The molecule has 112 valence electrons. The fourth-order valence-corrected chi connectivity index (χ4v) is 2.86. The summed E-state index contributed by atoms with van der Waals surface area (Å²) in [7, 11) is -3.72. The van der Waals surface area contributed by atoms with E-state index in [1.807, 2.05) is 6.92 Å². The van der Waals surface area contributed by atoms with Crippen LogP contribution in [0, 0.1) is 0 Å². The minimum atomic E-state index is -3.72. The summed E-state index contributed by atoms with van der Waals surface area (Å²) in [6.45, 7) is 2.82. The van der Waals surface area contributed by atoms with E-state index in [4.69, 9.17) is 11.6 Å². The molecule has 0 aliphatic rings. The number of hydrogen-bond donors (Lipinski definition) is 2. The molecule has 2 N–H and O–H groups in total. The number of benzene rings is 1. The first-order valence-corrected chi connectivity index (χ1v) is 8.23. The summed E-state index contributed by atoms with van der Waals surface area (Å²) in [5, 5.41) is 11.1. The van der Waals surface area contributed by atoms with Crippen LogP contribution in [0.2, 0.25) is 5.02 Å². The highest BCUT2D eigenvalue weighted by atomic mass is 35.5. The first-order chi connectivity index (χ1) is 10.0. The molecule has 0 fully saturated rings. The summed E-state index contributed by atoms with van der Waals surface area (Å²) in [4.78, 5) is 0.0741. The van der Waals surface area contributed by atoms with Crippen molar-refractivity contribution in [3.8, 4) is 0 Å². The van der Waals surface area contributed by atoms with E-state index in [0.29, 0.717) is 10.8 Å². The fraction of sp³-hybridized carbons (Fsp3) is 0.231. The Morgan fingerprint density at radius 2 is 1.86 bits per heavy atom. The van der Waals surface area contributed by atoms with E-state index in [9.17, 15) is 8.42 Å². The molecule has 0 atom stereocenters. The number of rotatable bonds is 6. The Balaban J connectivity index is 2.13. The largest absolute Gasteiger partial charge is 0.369 e. The molecule has 0 bridgehead atoms. The summed E-state index contributed by atoms with van der Waals surface area (Å²) >= 11 is 5.79. The number of anilines is 2. The average molecular weight is 327 g/mol. The first kappa shape index (κ1) is 15.5. The van der Waals surface area contributed by atoms with Crippen molar-refractivity contribution in [2.24, 2.45) is 0 Å². The molecule has 21 heavy (non-hydrogen) atoms. The molecule has 1 aromatic heterocycles. The number of hydrogen-bond acceptors (Lipinski definition) is 5. The lowest BCUT2D eigenvalue weighted by Gasteiger charge is -2.08. The van der Waals surface area contributed by atoms with Crippen molar-refractivity contribution in [2.45, 2.75) is 18.2 Å². The SMILES string of the molecule is CCCNc1ccc(NS(=O)(=O)c2cccc(Cl)c2)nn1. The molecule has 2 rings (SSSR count). The second-order valence-electron chi connectivity index (χ2n) is 4.29. The van der Waals surface area contributed by atoms with Crippen LogP contribution in [-0.4, -0.2) is 25.2 Å². The molecular formula is C13H15ClN4O2S. The Morgan fingerprint density at radius 1 is 1.14 bits per heavy atom. The molecule has 1 aromatic carbocycles. The summed E-state index contributed by atoms with van der Waals surface area (Å²) in [6.07, 6.45) is 0.963. The van der Waals surface area contributed by atoms with Gasteiger partial charge in [-0.05, 0) is 36.8 Å². The van der Waals surface area contributed by atoms with Crippen molar-refractivity contribution in [3.63, 3.8) is 0 Å². The molecule has 0 aliphatic heterocycles. The van der Waals surface area contributed by atoms with Gasteiger partial charge in [-0.1, -0.05) is 24.6 Å². The van der Waals surface area contributed by atoms with Gasteiger partial charge in [0.25, 0.3) is 10.0 Å². The zero-order valence-electron chi connectivity index (χ0n) is 11.4. The van der Waals surface area contributed by atoms with Gasteiger partial charge in [-0.25, -0.2) is 8.42 Å². The molecule has 0 saturated heterocycles. The van der Waals surface area contributed by atoms with Gasteiger partial charge in [-0.3, -0.25) is 4.72 Å². The minimum absolute atomic E-state index is 0.0741. The van der Waals surface area contributed by atoms with Crippen molar-refractivity contribution in [1.82, 2.24) is 10.2 Å². The standard InChI is InChI=1S/C13H15ClN4O2S/c1-2-8-15-12-6-7-13(17-16-12)18-21(19,20)11-5-3-4-10(14)9-11/h3-7,9H,2,8H2,1H3,(H,15,16)(H,17,18). The highest BCUT2D eigenvalue weighted by Crippen LogP contribution is 2.18. The summed E-state index contributed by atoms with van der Waals surface area (Å²) in [5.41, 5.74) is 0. The van der Waals surface area contributed by atoms with Crippen LogP contribution in [0.4, 0.5) is 11.6 Å². The Labute approximate surface area is 128 Å². The molecule has 0 unspecified atom stereocenters. The maximum Gasteiger partial charge on any atom is 0.263 e. The Hall–Kier alpha value is -1.86. The molecule has 0 aliphatic carbocycles. The van der Waals surface area contributed by atoms with Crippen molar-refractivity contribution in [2.75, 3.05) is 16.6 Å². The molecule has 0 saturated carbocycles. The third-order valence-electron chi connectivity index (χ3n) is 2.57. The van der Waals surface area contributed by atoms with Gasteiger partial charge in [0.15, 0.2) is 5.82 Å². The normalized spacial score (nSPS) is 11.1. The molecule has 1 heterocycles. The lowest BCUT2D eigenvalue weighted by atomic mass is 10.4. The number of aromatic nitrogens is 2. The summed E-state index contributed by atoms with van der Waals surface area (Å²) in [6, 6.07) is 9.22. The van der Waals surface area contributed by atoms with Crippen LogP contribution in [0.1, 0.15) is 13.3 Å². The molecule has 0 spiro atoms. The van der Waals surface area contributed by atoms with Gasteiger partial charge >= 0.3 is 0 Å². The maximum atomic E-state index is 12.2. The van der Waals surface area contributed by atoms with Gasteiger partial charge in [0.2, 0.25) is 0 Å². The van der Waals surface area contributed by atoms with E-state index in [2.05, 4.69) is 20.2 Å². The van der Waals surface area contributed by atoms with Gasteiger partial charge in [-0.15, -0.1) is 10.2 Å². The lowest BCUT2D eigenvalue weighted by molar-refractivity contribution is 0.601. The van der Waals surface area contributed by atoms with Crippen LogP contribution >= 0.6 is 11.6 Å². The van der Waals surface area contributed by atoms with Gasteiger partial charge in [0, 0.05) is 11.6 Å². The predicted octanol–water partition coefficient (Wildman–Crippen LogP) is 2.75. The van der Waals surface area contributed by atoms with Crippen LogP contribution in [0.15, 0.2) is 41.3 Å². The molecule has 6 nitrogen and oxygen atoms in total. The van der Waals surface area contributed by atoms with Gasteiger partial charge in [-0.2, -0.15) is 0 Å². The second-order valence-corrected chi connectivity index (χ2v) is 6.41. The highest BCUT2D eigenvalue weighted by Gasteiger charge is 2.15. The van der Waals surface area contributed by atoms with Crippen molar-refractivity contribution in [3.05, 3.63) is 41.4 Å². The van der Waals surface area contributed by atoms with Crippen LogP contribution in [-0.2, 0) is 10.0 Å². The van der Waals surface area contributed by atoms with E-state index in [-0.39, 0.29) is 10.7 Å². The Kier molecular flexibility index (Phi) is 4.98. The number of nitrogens with one attached hydrogen (secondary N) is 2. The van der Waals surface area contributed by atoms with E-state index >= 15 is 0 Å². The van der Waals surface area contributed by atoms with E-state index in [0.717, 1.165) is 13.0 Å². The van der Waals surface area contributed by atoms with Crippen LogP contribution in [0.5, 0.6) is 0 Å². The average Bonchev–Trinajstić information content (AvgIpc) is 2.46. The topological polar surface area (TPSA) is 84.0 Å². The second kappa shape index (κ2) is 6.73. The quantitative estimate of drug-likeness (QED) is 0.852. The smallest absolute Gasteiger partial charge is 0.263 e. The van der Waals surface area contributed by atoms with E-state index in [1.165, 1.54) is 12.1 Å². The Morgan fingerprint density at radius 3 is 2.48 bits per heavy atom. The zero-order chi connectivity index (χ0) is 15.3. The first-order valence-electron chi connectivity index (χ1n) is 6.37. The molecule has 0 radical (unpaired) electrons. The molecular weight excluding hydrogens is 312 g/mol. The van der Waals surface area contributed by atoms with E-state index < -0.39 is 10.0 Å². The molecule has 2 aromatic rings. The molecule has 8 heteroatoms. The third kappa shape index (κ3) is 4.30. The maximum absolute atomic E-state index is 12.2. The third-order valence-corrected chi connectivity index (χ3v) is 4.15. The van der Waals surface area contributed by atoms with Crippen molar-refractivity contribution < 1.29 is 8.42 Å². The summed E-state index contributed by atoms with van der Waals surface area (Å²) < 4.78 is 26.7. The Bertz CT molecular complexity index is 704. The van der Waals surface area contributed by atoms with Crippen LogP contribution in [0.3, 0.4) is 0 Å². The summed E-state index contributed by atoms with van der Waals surface area (Å²) in [5.74, 6) is 0.750. The van der Waals surface area contributed by atoms with E-state index in [1.54, 1.807) is 24.3 Å². The number of nitrogens with zero attached hydrogens (tertiary/aromatic N) is 2. The lowest BCUT2D eigenvalue weighted by Crippen LogP contribution is -2.14. The van der Waals surface area contributed by atoms with Gasteiger partial charge in [0.1, 0.15) is 5.82 Å².